The van der Waals surface area contributed by atoms with Crippen molar-refractivity contribution in [3.63, 3.8) is 0 Å². The highest BCUT2D eigenvalue weighted by Crippen LogP contribution is 2.23. The molecule has 21 heavy (non-hydrogen) atoms. The summed E-state index contributed by atoms with van der Waals surface area (Å²) < 4.78 is 2.97. The van der Waals surface area contributed by atoms with Crippen LogP contribution in [0.4, 0.5) is 0 Å². The van der Waals surface area contributed by atoms with Crippen molar-refractivity contribution in [1.82, 2.24) is 14.8 Å². The van der Waals surface area contributed by atoms with Gasteiger partial charge in [0.05, 0.1) is 16.6 Å². The van der Waals surface area contributed by atoms with Gasteiger partial charge in [-0.3, -0.25) is 0 Å². The van der Waals surface area contributed by atoms with Crippen LogP contribution in [0.5, 0.6) is 0 Å². The molecular formula is C15H10Cl2IN3. The fourth-order valence-electron chi connectivity index (χ4n) is 1.93. The van der Waals surface area contributed by atoms with Crippen molar-refractivity contribution in [3.8, 4) is 11.4 Å². The smallest absolute Gasteiger partial charge is 0.181 e. The molecule has 0 fully saturated rings. The first kappa shape index (κ1) is 14.8. The Morgan fingerprint density at radius 2 is 1.76 bits per heavy atom. The summed E-state index contributed by atoms with van der Waals surface area (Å²) in [6, 6.07) is 13.7. The van der Waals surface area contributed by atoms with Crippen LogP contribution in [-0.2, 0) is 6.54 Å². The topological polar surface area (TPSA) is 30.7 Å². The molecular weight excluding hydrogens is 420 g/mol. The van der Waals surface area contributed by atoms with Gasteiger partial charge in [0.1, 0.15) is 6.33 Å². The zero-order valence-corrected chi connectivity index (χ0v) is 14.5. The molecule has 1 heterocycles. The summed E-state index contributed by atoms with van der Waals surface area (Å²) >= 11 is 14.2. The van der Waals surface area contributed by atoms with E-state index in [0.717, 1.165) is 11.1 Å². The van der Waals surface area contributed by atoms with Crippen LogP contribution in [-0.4, -0.2) is 14.8 Å². The van der Waals surface area contributed by atoms with Gasteiger partial charge in [0.25, 0.3) is 0 Å². The van der Waals surface area contributed by atoms with Crippen LogP contribution < -0.4 is 0 Å². The van der Waals surface area contributed by atoms with Crippen molar-refractivity contribution in [2.45, 2.75) is 6.54 Å². The largest absolute Gasteiger partial charge is 0.248 e. The van der Waals surface area contributed by atoms with Crippen LogP contribution in [0.3, 0.4) is 0 Å². The highest BCUT2D eigenvalue weighted by Gasteiger charge is 2.06. The minimum atomic E-state index is 0.548. The quantitative estimate of drug-likeness (QED) is 0.554. The molecule has 0 amide bonds. The van der Waals surface area contributed by atoms with Gasteiger partial charge < -0.3 is 0 Å². The Hall–Kier alpha value is -1.11. The third kappa shape index (κ3) is 3.56. The molecule has 106 valence electrons. The van der Waals surface area contributed by atoms with E-state index in [-0.39, 0.29) is 0 Å². The minimum Gasteiger partial charge on any atom is -0.248 e. The molecule has 3 rings (SSSR count). The van der Waals surface area contributed by atoms with Gasteiger partial charge in [-0.15, -0.1) is 0 Å². The molecule has 0 saturated carbocycles. The van der Waals surface area contributed by atoms with Crippen LogP contribution in [0.15, 0.2) is 48.8 Å². The lowest BCUT2D eigenvalue weighted by molar-refractivity contribution is 0.687. The summed E-state index contributed by atoms with van der Waals surface area (Å²) in [7, 11) is 0. The number of hydrogen-bond donors (Lipinski definition) is 0. The predicted molar refractivity (Wildman–Crippen MR) is 93.7 cm³/mol. The lowest BCUT2D eigenvalue weighted by Gasteiger charge is -2.03. The van der Waals surface area contributed by atoms with Crippen LogP contribution in [0.1, 0.15) is 5.56 Å². The second-order valence-corrected chi connectivity index (χ2v) is 6.58. The Morgan fingerprint density at radius 1 is 1.00 bits per heavy atom. The van der Waals surface area contributed by atoms with E-state index in [1.165, 1.54) is 3.57 Å². The molecule has 6 heteroatoms. The van der Waals surface area contributed by atoms with Crippen molar-refractivity contribution in [2.75, 3.05) is 0 Å². The fraction of sp³-hybridized carbons (Fsp3) is 0.0667. The first-order valence-electron chi connectivity index (χ1n) is 6.21. The molecule has 0 N–H and O–H groups in total. The third-order valence-electron chi connectivity index (χ3n) is 2.97. The van der Waals surface area contributed by atoms with E-state index in [9.17, 15) is 0 Å². The van der Waals surface area contributed by atoms with E-state index in [1.807, 2.05) is 36.4 Å². The summed E-state index contributed by atoms with van der Waals surface area (Å²) in [5.41, 5.74) is 2.03. The Morgan fingerprint density at radius 3 is 2.48 bits per heavy atom. The summed E-state index contributed by atoms with van der Waals surface area (Å²) in [6.45, 7) is 0.605. The van der Waals surface area contributed by atoms with Crippen LogP contribution >= 0.6 is 45.8 Å². The molecule has 0 bridgehead atoms. The number of aromatic nitrogens is 3. The highest BCUT2D eigenvalue weighted by molar-refractivity contribution is 14.1. The zero-order valence-electron chi connectivity index (χ0n) is 10.8. The second kappa shape index (κ2) is 6.34. The maximum Gasteiger partial charge on any atom is 0.181 e. The van der Waals surface area contributed by atoms with E-state index in [2.05, 4.69) is 32.7 Å². The Balaban J connectivity index is 1.81. The molecule has 0 radical (unpaired) electrons. The molecule has 1 aromatic heterocycles. The Labute approximate surface area is 146 Å². The average molecular weight is 430 g/mol. The van der Waals surface area contributed by atoms with Crippen molar-refractivity contribution in [2.24, 2.45) is 0 Å². The number of benzene rings is 2. The van der Waals surface area contributed by atoms with Gasteiger partial charge in [0.2, 0.25) is 0 Å². The average Bonchev–Trinajstić information content (AvgIpc) is 2.92. The Kier molecular flexibility index (Phi) is 4.47. The monoisotopic (exact) mass is 429 g/mol. The number of halogens is 3. The molecule has 0 saturated heterocycles. The maximum atomic E-state index is 6.02. The second-order valence-electron chi connectivity index (χ2n) is 4.52. The standard InChI is InChI=1S/C15H10Cl2IN3/c16-13-6-1-10(7-14(13)17)8-21-9-19-15(20-21)11-2-4-12(18)5-3-11/h1-7,9H,8H2. The van der Waals surface area contributed by atoms with Crippen molar-refractivity contribution >= 4 is 45.8 Å². The minimum absolute atomic E-state index is 0.548. The molecule has 3 aromatic rings. The Bertz CT molecular complexity index is 769. The van der Waals surface area contributed by atoms with Gasteiger partial charge in [-0.1, -0.05) is 41.4 Å². The van der Waals surface area contributed by atoms with Crippen molar-refractivity contribution in [1.29, 1.82) is 0 Å². The predicted octanol–water partition coefficient (Wildman–Crippen LogP) is 4.90. The van der Waals surface area contributed by atoms with Gasteiger partial charge >= 0.3 is 0 Å². The summed E-state index contributed by atoms with van der Waals surface area (Å²) in [5, 5.41) is 5.59. The summed E-state index contributed by atoms with van der Waals surface area (Å²) in [4.78, 5) is 4.34. The first-order valence-corrected chi connectivity index (χ1v) is 8.04. The molecule has 2 aromatic carbocycles. The fourth-order valence-corrected chi connectivity index (χ4v) is 2.61. The number of nitrogens with zero attached hydrogens (tertiary/aromatic N) is 3. The van der Waals surface area contributed by atoms with Gasteiger partial charge in [-0.2, -0.15) is 5.10 Å². The van der Waals surface area contributed by atoms with E-state index >= 15 is 0 Å². The van der Waals surface area contributed by atoms with Gasteiger partial charge in [-0.05, 0) is 52.4 Å². The first-order chi connectivity index (χ1) is 10.1. The maximum absolute atomic E-state index is 6.02. The van der Waals surface area contributed by atoms with E-state index in [1.54, 1.807) is 17.1 Å². The lowest BCUT2D eigenvalue weighted by atomic mass is 10.2. The number of rotatable bonds is 3. The summed E-state index contributed by atoms with van der Waals surface area (Å²) in [5.74, 6) is 0.714. The molecule has 3 nitrogen and oxygen atoms in total. The lowest BCUT2D eigenvalue weighted by Crippen LogP contribution is -2.00. The SMILES string of the molecule is Clc1ccc(Cn2cnc(-c3ccc(I)cc3)n2)cc1Cl. The molecule has 0 spiro atoms. The highest BCUT2D eigenvalue weighted by atomic mass is 127. The van der Waals surface area contributed by atoms with Gasteiger partial charge in [0, 0.05) is 9.13 Å². The zero-order chi connectivity index (χ0) is 14.8. The third-order valence-corrected chi connectivity index (χ3v) is 4.43. The van der Waals surface area contributed by atoms with Crippen molar-refractivity contribution in [3.05, 3.63) is 68.0 Å². The normalized spacial score (nSPS) is 10.8. The van der Waals surface area contributed by atoms with Gasteiger partial charge in [0.15, 0.2) is 5.82 Å². The molecule has 0 aliphatic heterocycles. The molecule has 0 aliphatic carbocycles. The summed E-state index contributed by atoms with van der Waals surface area (Å²) in [6.07, 6.45) is 1.72. The van der Waals surface area contributed by atoms with Crippen LogP contribution in [0.25, 0.3) is 11.4 Å². The van der Waals surface area contributed by atoms with E-state index in [4.69, 9.17) is 23.2 Å². The van der Waals surface area contributed by atoms with Gasteiger partial charge in [-0.25, -0.2) is 9.67 Å². The van der Waals surface area contributed by atoms with E-state index in [0.29, 0.717) is 22.4 Å². The van der Waals surface area contributed by atoms with Crippen LogP contribution in [0.2, 0.25) is 10.0 Å². The number of hydrogen-bond acceptors (Lipinski definition) is 2. The van der Waals surface area contributed by atoms with E-state index < -0.39 is 0 Å². The van der Waals surface area contributed by atoms with Crippen LogP contribution in [0, 0.1) is 3.57 Å². The molecule has 0 aliphatic rings. The molecule has 0 unspecified atom stereocenters. The molecule has 0 atom stereocenters. The van der Waals surface area contributed by atoms with Crippen molar-refractivity contribution < 1.29 is 0 Å².